The van der Waals surface area contributed by atoms with Gasteiger partial charge in [0.15, 0.2) is 0 Å². The molecule has 74 valence electrons. The molecule has 0 aliphatic rings. The number of Topliss-reactive ketones (excluding diaryl/α,β-unsaturated/α-hetero) is 3. The Morgan fingerprint density at radius 1 is 1.15 bits per heavy atom. The summed E-state index contributed by atoms with van der Waals surface area (Å²) >= 11 is 3.02. The Balaban J connectivity index is 4.05. The molecule has 0 saturated carbocycles. The minimum Gasteiger partial charge on any atom is -0.299 e. The molecule has 0 unspecified atom stereocenters. The molecule has 0 heterocycles. The second-order valence-electron chi connectivity index (χ2n) is 2.98. The third kappa shape index (κ3) is 4.93. The molecule has 4 heteroatoms. The number of carbonyl (C=O) groups is 3. The fourth-order valence-corrected chi connectivity index (χ4v) is 1.35. The Bertz CT molecular complexity index is 209. The van der Waals surface area contributed by atoms with Gasteiger partial charge in [-0.15, -0.1) is 0 Å². The van der Waals surface area contributed by atoms with Crippen LogP contribution in [0.15, 0.2) is 0 Å². The molecular weight excluding hydrogens is 236 g/mol. The van der Waals surface area contributed by atoms with Gasteiger partial charge in [0, 0.05) is 6.42 Å². The van der Waals surface area contributed by atoms with Gasteiger partial charge in [-0.05, 0) is 20.3 Å². The topological polar surface area (TPSA) is 51.2 Å². The maximum Gasteiger partial charge on any atom is 0.143 e. The van der Waals surface area contributed by atoms with Gasteiger partial charge in [-0.25, -0.2) is 0 Å². The number of rotatable bonds is 6. The SMILES string of the molecule is CC(=O)C(CCC(=O)CBr)C(C)=O. The number of hydrogen-bond acceptors (Lipinski definition) is 3. The molecule has 0 aromatic rings. The average molecular weight is 249 g/mol. The Morgan fingerprint density at radius 3 is 1.92 bits per heavy atom. The van der Waals surface area contributed by atoms with Crippen molar-refractivity contribution in [3.63, 3.8) is 0 Å². The molecule has 0 bridgehead atoms. The molecule has 0 aliphatic heterocycles. The van der Waals surface area contributed by atoms with Gasteiger partial charge in [-0.3, -0.25) is 14.4 Å². The van der Waals surface area contributed by atoms with E-state index in [-0.39, 0.29) is 29.1 Å². The monoisotopic (exact) mass is 248 g/mol. The molecule has 0 aromatic heterocycles. The van der Waals surface area contributed by atoms with E-state index in [0.29, 0.717) is 6.42 Å². The Hall–Kier alpha value is -0.510. The molecule has 0 aliphatic carbocycles. The minimum absolute atomic E-state index is 0.0208. The third-order valence-corrected chi connectivity index (χ3v) is 2.47. The predicted molar refractivity (Wildman–Crippen MR) is 52.9 cm³/mol. The lowest BCUT2D eigenvalue weighted by atomic mass is 9.94. The van der Waals surface area contributed by atoms with Crippen LogP contribution in [0.4, 0.5) is 0 Å². The smallest absolute Gasteiger partial charge is 0.143 e. The van der Waals surface area contributed by atoms with E-state index in [1.807, 2.05) is 0 Å². The van der Waals surface area contributed by atoms with Crippen LogP contribution in [0.5, 0.6) is 0 Å². The van der Waals surface area contributed by atoms with Gasteiger partial charge in [-0.2, -0.15) is 0 Å². The van der Waals surface area contributed by atoms with E-state index in [1.54, 1.807) is 0 Å². The lowest BCUT2D eigenvalue weighted by Gasteiger charge is -2.07. The maximum atomic E-state index is 10.9. The molecule has 0 rings (SSSR count). The van der Waals surface area contributed by atoms with Crippen LogP contribution in [0.3, 0.4) is 0 Å². The van der Waals surface area contributed by atoms with Crippen LogP contribution in [-0.4, -0.2) is 22.7 Å². The summed E-state index contributed by atoms with van der Waals surface area (Å²) in [6, 6.07) is 0. The molecule has 0 aromatic carbocycles. The van der Waals surface area contributed by atoms with Crippen LogP contribution in [0.25, 0.3) is 0 Å². The lowest BCUT2D eigenvalue weighted by Crippen LogP contribution is -2.20. The summed E-state index contributed by atoms with van der Waals surface area (Å²) in [5.41, 5.74) is 0. The predicted octanol–water partition coefficient (Wildman–Crippen LogP) is 1.52. The summed E-state index contributed by atoms with van der Waals surface area (Å²) in [6.07, 6.45) is 0.629. The molecule has 3 nitrogen and oxygen atoms in total. The van der Waals surface area contributed by atoms with Crippen LogP contribution in [0.2, 0.25) is 0 Å². The van der Waals surface area contributed by atoms with Gasteiger partial charge in [0.05, 0.1) is 11.2 Å². The number of halogens is 1. The Morgan fingerprint density at radius 2 is 1.62 bits per heavy atom. The summed E-state index contributed by atoms with van der Waals surface area (Å²) < 4.78 is 0. The normalized spacial score (nSPS) is 10.2. The fourth-order valence-electron chi connectivity index (χ4n) is 1.06. The van der Waals surface area contributed by atoms with Gasteiger partial charge < -0.3 is 0 Å². The third-order valence-electron chi connectivity index (χ3n) is 1.84. The van der Waals surface area contributed by atoms with Gasteiger partial charge in [0.25, 0.3) is 0 Å². The average Bonchev–Trinajstić information content (AvgIpc) is 2.03. The first-order chi connectivity index (χ1) is 5.99. The van der Waals surface area contributed by atoms with E-state index >= 15 is 0 Å². The zero-order valence-electron chi connectivity index (χ0n) is 7.80. The second-order valence-corrected chi connectivity index (χ2v) is 3.55. The first kappa shape index (κ1) is 12.5. The van der Waals surface area contributed by atoms with Crippen molar-refractivity contribution in [2.45, 2.75) is 26.7 Å². The summed E-state index contributed by atoms with van der Waals surface area (Å²) in [5.74, 6) is -0.889. The highest BCUT2D eigenvalue weighted by atomic mass is 79.9. The number of carbonyl (C=O) groups excluding carboxylic acids is 3. The standard InChI is InChI=1S/C9H13BrO3/c1-6(11)9(7(2)12)4-3-8(13)5-10/h9H,3-5H2,1-2H3. The first-order valence-electron chi connectivity index (χ1n) is 4.07. The second kappa shape index (κ2) is 6.02. The fraction of sp³-hybridized carbons (Fsp3) is 0.667. The zero-order valence-corrected chi connectivity index (χ0v) is 9.39. The molecule has 13 heavy (non-hydrogen) atoms. The van der Waals surface area contributed by atoms with Crippen molar-refractivity contribution < 1.29 is 14.4 Å². The van der Waals surface area contributed by atoms with Crippen molar-refractivity contribution in [2.75, 3.05) is 5.33 Å². The summed E-state index contributed by atoms with van der Waals surface area (Å²) in [5, 5.41) is 0.287. The van der Waals surface area contributed by atoms with Crippen LogP contribution in [-0.2, 0) is 14.4 Å². The van der Waals surface area contributed by atoms with Gasteiger partial charge >= 0.3 is 0 Å². The molecule has 0 spiro atoms. The van der Waals surface area contributed by atoms with Gasteiger partial charge in [-0.1, -0.05) is 15.9 Å². The zero-order chi connectivity index (χ0) is 10.4. The number of hydrogen-bond donors (Lipinski definition) is 0. The van der Waals surface area contributed by atoms with E-state index in [4.69, 9.17) is 0 Å². The molecule has 0 amide bonds. The van der Waals surface area contributed by atoms with Gasteiger partial charge in [0.2, 0.25) is 0 Å². The molecule has 0 saturated heterocycles. The largest absolute Gasteiger partial charge is 0.299 e. The van der Waals surface area contributed by atoms with E-state index < -0.39 is 5.92 Å². The highest BCUT2D eigenvalue weighted by molar-refractivity contribution is 9.09. The van der Waals surface area contributed by atoms with E-state index in [0.717, 1.165) is 0 Å². The number of ketones is 3. The molecule has 0 fully saturated rings. The van der Waals surface area contributed by atoms with Crippen molar-refractivity contribution in [1.29, 1.82) is 0 Å². The highest BCUT2D eigenvalue weighted by Crippen LogP contribution is 2.10. The number of alkyl halides is 1. The quantitative estimate of drug-likeness (QED) is 0.529. The molecule has 0 radical (unpaired) electrons. The van der Waals surface area contributed by atoms with Crippen LogP contribution in [0.1, 0.15) is 26.7 Å². The van der Waals surface area contributed by atoms with Crippen molar-refractivity contribution >= 4 is 33.3 Å². The summed E-state index contributed by atoms with van der Waals surface area (Å²) in [7, 11) is 0. The Labute approximate surface area is 86.0 Å². The molecule has 0 atom stereocenters. The van der Waals surface area contributed by atoms with Crippen molar-refractivity contribution in [2.24, 2.45) is 5.92 Å². The summed E-state index contributed by atoms with van der Waals surface area (Å²) in [4.78, 5) is 32.8. The van der Waals surface area contributed by atoms with Crippen LogP contribution < -0.4 is 0 Å². The first-order valence-corrected chi connectivity index (χ1v) is 5.19. The van der Waals surface area contributed by atoms with E-state index in [2.05, 4.69) is 15.9 Å². The van der Waals surface area contributed by atoms with Gasteiger partial charge in [0.1, 0.15) is 17.3 Å². The molecular formula is C9H13BrO3. The van der Waals surface area contributed by atoms with E-state index in [9.17, 15) is 14.4 Å². The Kier molecular flexibility index (Phi) is 5.79. The van der Waals surface area contributed by atoms with Crippen molar-refractivity contribution in [3.05, 3.63) is 0 Å². The van der Waals surface area contributed by atoms with Crippen molar-refractivity contribution in [1.82, 2.24) is 0 Å². The maximum absolute atomic E-state index is 10.9. The minimum atomic E-state index is -0.594. The van der Waals surface area contributed by atoms with E-state index in [1.165, 1.54) is 13.8 Å². The van der Waals surface area contributed by atoms with Crippen LogP contribution in [0, 0.1) is 5.92 Å². The molecule has 0 N–H and O–H groups in total. The van der Waals surface area contributed by atoms with Crippen LogP contribution >= 0.6 is 15.9 Å². The lowest BCUT2D eigenvalue weighted by molar-refractivity contribution is -0.130. The highest BCUT2D eigenvalue weighted by Gasteiger charge is 2.19. The van der Waals surface area contributed by atoms with Crippen molar-refractivity contribution in [3.8, 4) is 0 Å². The summed E-state index contributed by atoms with van der Waals surface area (Å²) in [6.45, 7) is 2.76.